The van der Waals surface area contributed by atoms with Crippen molar-refractivity contribution >= 4 is 0 Å². The number of rotatable bonds is 4. The van der Waals surface area contributed by atoms with Gasteiger partial charge in [0.1, 0.15) is 52.4 Å². The Balaban J connectivity index is 1.55. The zero-order chi connectivity index (χ0) is 13.3. The molecule has 0 aliphatic carbocycles. The second kappa shape index (κ2) is 5.10. The van der Waals surface area contributed by atoms with Gasteiger partial charge in [0.25, 0.3) is 0 Å². The first-order valence-corrected chi connectivity index (χ1v) is 7.25. The summed E-state index contributed by atoms with van der Waals surface area (Å²) in [4.78, 5) is 1.76. The first-order chi connectivity index (χ1) is 9.17. The normalized spacial score (nSPS) is 29.5. The number of nitrogens with one attached hydrogen (secondary N) is 1. The number of fused-ring (bicyclic) bond motifs is 3. The molecule has 4 heteroatoms. The third kappa shape index (κ3) is 2.74. The highest BCUT2D eigenvalue weighted by Crippen LogP contribution is 2.18. The second-order valence-electron chi connectivity index (χ2n) is 6.02. The van der Waals surface area contributed by atoms with Gasteiger partial charge in [-0.1, -0.05) is 6.07 Å². The van der Waals surface area contributed by atoms with E-state index in [9.17, 15) is 4.39 Å². The zero-order valence-corrected chi connectivity index (χ0v) is 11.6. The van der Waals surface area contributed by atoms with E-state index in [2.05, 4.69) is 0 Å². The molecule has 3 fully saturated rings. The van der Waals surface area contributed by atoms with Crippen LogP contribution in [0, 0.1) is 12.7 Å². The van der Waals surface area contributed by atoms with Crippen LogP contribution in [0.1, 0.15) is 5.56 Å². The quantitative estimate of drug-likeness (QED) is 0.771. The molecular weight excluding hydrogens is 243 g/mol. The van der Waals surface area contributed by atoms with Gasteiger partial charge in [-0.3, -0.25) is 0 Å². The van der Waals surface area contributed by atoms with Crippen molar-refractivity contribution in [2.24, 2.45) is 0 Å². The van der Waals surface area contributed by atoms with Crippen molar-refractivity contribution in [2.45, 2.75) is 6.92 Å². The van der Waals surface area contributed by atoms with Gasteiger partial charge in [0.2, 0.25) is 0 Å². The van der Waals surface area contributed by atoms with Crippen LogP contribution in [0.15, 0.2) is 18.2 Å². The molecule has 3 aliphatic heterocycles. The summed E-state index contributed by atoms with van der Waals surface area (Å²) < 4.78 is 20.5. The lowest BCUT2D eigenvalue weighted by atomic mass is 10.1. The van der Waals surface area contributed by atoms with Crippen molar-refractivity contribution in [3.63, 3.8) is 0 Å². The van der Waals surface area contributed by atoms with Gasteiger partial charge in [0, 0.05) is 0 Å². The van der Waals surface area contributed by atoms with E-state index in [1.807, 2.05) is 13.0 Å². The Morgan fingerprint density at radius 3 is 2.53 bits per heavy atom. The topological polar surface area (TPSA) is 13.7 Å². The Labute approximate surface area is 114 Å². The summed E-state index contributed by atoms with van der Waals surface area (Å²) in [7, 11) is 0. The second-order valence-corrected chi connectivity index (χ2v) is 6.02. The Morgan fingerprint density at radius 2 is 1.89 bits per heavy atom. The highest BCUT2D eigenvalue weighted by Gasteiger charge is 2.40. The molecule has 0 amide bonds. The van der Waals surface area contributed by atoms with E-state index in [1.54, 1.807) is 11.0 Å². The van der Waals surface area contributed by atoms with Crippen LogP contribution in [0.3, 0.4) is 0 Å². The predicted octanol–water partition coefficient (Wildman–Crippen LogP) is 0.242. The van der Waals surface area contributed by atoms with Gasteiger partial charge in [-0.05, 0) is 24.6 Å². The lowest BCUT2D eigenvalue weighted by molar-refractivity contribution is -1.07. The van der Waals surface area contributed by atoms with Crippen molar-refractivity contribution < 1.29 is 18.5 Å². The fourth-order valence-corrected chi connectivity index (χ4v) is 3.30. The summed E-state index contributed by atoms with van der Waals surface area (Å²) in [5.41, 5.74) is 0.932. The molecule has 4 rings (SSSR count). The lowest BCUT2D eigenvalue weighted by Gasteiger charge is -2.47. The van der Waals surface area contributed by atoms with E-state index in [0.717, 1.165) is 12.1 Å². The van der Waals surface area contributed by atoms with Crippen LogP contribution in [0.2, 0.25) is 0 Å². The van der Waals surface area contributed by atoms with Gasteiger partial charge in [0.05, 0.1) is 0 Å². The van der Waals surface area contributed by atoms with E-state index in [1.165, 1.54) is 49.8 Å². The Bertz CT molecular complexity index is 442. The molecule has 1 aromatic carbocycles. The molecule has 0 saturated carbocycles. The van der Waals surface area contributed by atoms with Crippen molar-refractivity contribution in [3.8, 4) is 5.75 Å². The lowest BCUT2D eigenvalue weighted by Crippen LogP contribution is -3.19. The summed E-state index contributed by atoms with van der Waals surface area (Å²) in [6.45, 7) is 11.2. The number of benzene rings is 1. The molecule has 3 aliphatic rings. The summed E-state index contributed by atoms with van der Waals surface area (Å²) in [5, 5.41) is 0. The summed E-state index contributed by atoms with van der Waals surface area (Å²) >= 11 is 0. The average Bonchev–Trinajstić information content (AvgIpc) is 2.43. The number of halogens is 1. The average molecular weight is 266 g/mol. The van der Waals surface area contributed by atoms with Gasteiger partial charge in [0.15, 0.2) is 11.6 Å². The summed E-state index contributed by atoms with van der Waals surface area (Å²) in [6.07, 6.45) is 0. The summed E-state index contributed by atoms with van der Waals surface area (Å²) in [6, 6.07) is 5.17. The SMILES string of the molecule is Cc1ccc(OCC[N+]23CC[NH+](CC2)CC3)c(F)c1. The third-order valence-electron chi connectivity index (χ3n) is 4.73. The van der Waals surface area contributed by atoms with Gasteiger partial charge < -0.3 is 14.1 Å². The van der Waals surface area contributed by atoms with Gasteiger partial charge in [-0.15, -0.1) is 0 Å². The van der Waals surface area contributed by atoms with Gasteiger partial charge >= 0.3 is 0 Å². The number of quaternary nitrogens is 2. The number of hydrogen-bond acceptors (Lipinski definition) is 1. The molecule has 3 heterocycles. The smallest absolute Gasteiger partial charge is 0.165 e. The van der Waals surface area contributed by atoms with Crippen molar-refractivity contribution in [1.29, 1.82) is 0 Å². The highest BCUT2D eigenvalue weighted by atomic mass is 19.1. The molecule has 104 valence electrons. The molecular formula is C15H23FN2O+2. The Hall–Kier alpha value is -1.13. The van der Waals surface area contributed by atoms with E-state index < -0.39 is 0 Å². The van der Waals surface area contributed by atoms with E-state index in [0.29, 0.717) is 12.4 Å². The largest absolute Gasteiger partial charge is 0.485 e. The van der Waals surface area contributed by atoms with Gasteiger partial charge in [-0.2, -0.15) is 0 Å². The maximum absolute atomic E-state index is 13.7. The molecule has 1 N–H and O–H groups in total. The van der Waals surface area contributed by atoms with E-state index in [4.69, 9.17) is 4.74 Å². The number of nitrogens with zero attached hydrogens (tertiary/aromatic N) is 1. The van der Waals surface area contributed by atoms with Crippen LogP contribution < -0.4 is 9.64 Å². The highest BCUT2D eigenvalue weighted by molar-refractivity contribution is 5.28. The molecule has 19 heavy (non-hydrogen) atoms. The van der Waals surface area contributed by atoms with Crippen molar-refractivity contribution in [2.75, 3.05) is 52.4 Å². The molecule has 0 radical (unpaired) electrons. The van der Waals surface area contributed by atoms with E-state index in [-0.39, 0.29) is 5.82 Å². The first-order valence-electron chi connectivity index (χ1n) is 7.25. The van der Waals surface area contributed by atoms with Gasteiger partial charge in [-0.25, -0.2) is 4.39 Å². The molecule has 0 spiro atoms. The minimum absolute atomic E-state index is 0.243. The Kier molecular flexibility index (Phi) is 3.46. The molecule has 0 aromatic heterocycles. The minimum atomic E-state index is -0.243. The molecule has 3 saturated heterocycles. The minimum Gasteiger partial charge on any atom is -0.485 e. The number of piperazine rings is 3. The maximum atomic E-state index is 13.7. The molecule has 0 unspecified atom stereocenters. The Morgan fingerprint density at radius 1 is 1.21 bits per heavy atom. The van der Waals surface area contributed by atoms with E-state index >= 15 is 0 Å². The van der Waals surface area contributed by atoms with Crippen molar-refractivity contribution in [3.05, 3.63) is 29.6 Å². The van der Waals surface area contributed by atoms with Crippen molar-refractivity contribution in [1.82, 2.24) is 0 Å². The fourth-order valence-electron chi connectivity index (χ4n) is 3.30. The van der Waals surface area contributed by atoms with Crippen LogP contribution in [-0.4, -0.2) is 56.9 Å². The number of hydrogen-bond donors (Lipinski definition) is 1. The van der Waals surface area contributed by atoms with Crippen LogP contribution in [0.5, 0.6) is 5.75 Å². The van der Waals surface area contributed by atoms with Crippen LogP contribution >= 0.6 is 0 Å². The molecule has 1 aromatic rings. The van der Waals surface area contributed by atoms with Crippen LogP contribution in [-0.2, 0) is 0 Å². The maximum Gasteiger partial charge on any atom is 0.165 e. The summed E-state index contributed by atoms with van der Waals surface area (Å²) in [5.74, 6) is 0.151. The standard InChI is InChI=1S/C15H22FN2O/c1-13-2-3-15(14(16)12-13)19-11-10-18-7-4-17(5-8-18)6-9-18/h2-3,12H,4-11H2,1H3/q+1/p+1. The molecule has 2 bridgehead atoms. The molecule has 3 nitrogen and oxygen atoms in total. The monoisotopic (exact) mass is 266 g/mol. The first kappa shape index (κ1) is 12.9. The van der Waals surface area contributed by atoms with Crippen LogP contribution in [0.4, 0.5) is 4.39 Å². The third-order valence-corrected chi connectivity index (χ3v) is 4.73. The number of aryl methyl sites for hydroxylation is 1. The predicted molar refractivity (Wildman–Crippen MR) is 71.9 cm³/mol. The zero-order valence-electron chi connectivity index (χ0n) is 11.6. The molecule has 0 atom stereocenters. The fraction of sp³-hybridized carbons (Fsp3) is 0.600. The number of ether oxygens (including phenoxy) is 1. The van der Waals surface area contributed by atoms with Crippen LogP contribution in [0.25, 0.3) is 0 Å².